The number of halogens is 1. The van der Waals surface area contributed by atoms with Crippen molar-refractivity contribution in [3.05, 3.63) is 17.8 Å². The number of hydrogen-bond donors (Lipinski definition) is 1. The first-order valence-corrected chi connectivity index (χ1v) is 5.90. The van der Waals surface area contributed by atoms with E-state index in [1.54, 1.807) is 0 Å². The van der Waals surface area contributed by atoms with Crippen molar-refractivity contribution in [3.63, 3.8) is 0 Å². The smallest absolute Gasteiger partial charge is 0.356 e. The van der Waals surface area contributed by atoms with E-state index in [4.69, 9.17) is 15.8 Å². The number of ether oxygens (including phenoxy) is 1. The van der Waals surface area contributed by atoms with Gasteiger partial charge in [0.1, 0.15) is 4.90 Å². The number of hydrogen-bond acceptors (Lipinski definition) is 5. The lowest BCUT2D eigenvalue weighted by molar-refractivity contribution is 0.0685. The van der Waals surface area contributed by atoms with Crippen molar-refractivity contribution in [2.75, 3.05) is 7.11 Å². The summed E-state index contributed by atoms with van der Waals surface area (Å²) in [5.74, 6) is -1.50. The van der Waals surface area contributed by atoms with Crippen LogP contribution in [0.1, 0.15) is 10.5 Å². The molecule has 1 heterocycles. The summed E-state index contributed by atoms with van der Waals surface area (Å²) in [6.07, 6.45) is 0. The number of aromatic nitrogens is 1. The quantitative estimate of drug-likeness (QED) is 0.796. The van der Waals surface area contributed by atoms with Gasteiger partial charge in [0.05, 0.1) is 7.11 Å². The summed E-state index contributed by atoms with van der Waals surface area (Å²) in [6, 6.07) is 2.24. The summed E-state index contributed by atoms with van der Waals surface area (Å²) in [5.41, 5.74) is -0.663. The summed E-state index contributed by atoms with van der Waals surface area (Å²) < 4.78 is 26.6. The van der Waals surface area contributed by atoms with E-state index in [9.17, 15) is 13.2 Å². The van der Waals surface area contributed by atoms with Crippen LogP contribution in [0.15, 0.2) is 17.0 Å². The van der Waals surface area contributed by atoms with E-state index >= 15 is 0 Å². The van der Waals surface area contributed by atoms with Gasteiger partial charge < -0.3 is 9.84 Å². The predicted octanol–water partition coefficient (Wildman–Crippen LogP) is 0.716. The van der Waals surface area contributed by atoms with E-state index in [0.717, 1.165) is 6.07 Å². The molecule has 1 aromatic heterocycles. The fourth-order valence-electron chi connectivity index (χ4n) is 0.892. The lowest BCUT2D eigenvalue weighted by Crippen LogP contribution is -2.08. The minimum Gasteiger partial charge on any atom is -0.481 e. The van der Waals surface area contributed by atoms with Gasteiger partial charge in [-0.25, -0.2) is 18.2 Å². The summed E-state index contributed by atoms with van der Waals surface area (Å²) in [7, 11) is 2.18. The first-order valence-electron chi connectivity index (χ1n) is 3.59. The number of carboxylic acids is 1. The van der Waals surface area contributed by atoms with Crippen LogP contribution in [-0.2, 0) is 9.05 Å². The predicted molar refractivity (Wildman–Crippen MR) is 50.8 cm³/mol. The molecule has 1 N–H and O–H groups in total. The lowest BCUT2D eigenvalue weighted by Gasteiger charge is -2.03. The van der Waals surface area contributed by atoms with Crippen LogP contribution < -0.4 is 4.74 Å². The van der Waals surface area contributed by atoms with Crippen LogP contribution in [0.25, 0.3) is 0 Å². The lowest BCUT2D eigenvalue weighted by atomic mass is 10.3. The second kappa shape index (κ2) is 4.03. The molecule has 0 aromatic carbocycles. The molecule has 0 amide bonds. The summed E-state index contributed by atoms with van der Waals surface area (Å²) >= 11 is 0. The molecule has 0 saturated carbocycles. The Hall–Kier alpha value is -1.34. The van der Waals surface area contributed by atoms with Gasteiger partial charge in [0.15, 0.2) is 5.69 Å². The summed E-state index contributed by atoms with van der Waals surface area (Å²) in [5, 5.41) is 8.71. The average Bonchev–Trinajstić information content (AvgIpc) is 2.15. The van der Waals surface area contributed by atoms with Crippen LogP contribution >= 0.6 is 10.7 Å². The molecule has 6 nitrogen and oxygen atoms in total. The second-order valence-electron chi connectivity index (χ2n) is 2.44. The van der Waals surface area contributed by atoms with Crippen molar-refractivity contribution in [2.45, 2.75) is 4.90 Å². The van der Waals surface area contributed by atoms with Crippen LogP contribution in [0, 0.1) is 0 Å². The van der Waals surface area contributed by atoms with Crippen LogP contribution in [-0.4, -0.2) is 31.6 Å². The van der Waals surface area contributed by atoms with Gasteiger partial charge in [-0.1, -0.05) is 0 Å². The van der Waals surface area contributed by atoms with Gasteiger partial charge in [-0.05, 0) is 6.07 Å². The molecule has 0 aliphatic rings. The van der Waals surface area contributed by atoms with Crippen molar-refractivity contribution < 1.29 is 23.1 Å². The standard InChI is InChI=1S/C7H6ClNO5S/c1-14-5-3-2-4(15(8,12)13)6(9-5)7(10)11/h2-3H,1H3,(H,10,11). The highest BCUT2D eigenvalue weighted by Crippen LogP contribution is 2.21. The van der Waals surface area contributed by atoms with Gasteiger partial charge in [-0.2, -0.15) is 0 Å². The van der Waals surface area contributed by atoms with Gasteiger partial charge in [0, 0.05) is 16.7 Å². The molecule has 1 rings (SSSR count). The molecule has 0 atom stereocenters. The molecule has 0 fully saturated rings. The third-order valence-corrected chi connectivity index (χ3v) is 2.86. The zero-order valence-electron chi connectivity index (χ0n) is 7.47. The van der Waals surface area contributed by atoms with Crippen LogP contribution in [0.4, 0.5) is 0 Å². The maximum absolute atomic E-state index is 11.0. The van der Waals surface area contributed by atoms with E-state index < -0.39 is 25.6 Å². The summed E-state index contributed by atoms with van der Waals surface area (Å²) in [6.45, 7) is 0. The normalized spacial score (nSPS) is 11.1. The van der Waals surface area contributed by atoms with Crippen molar-refractivity contribution >= 4 is 25.7 Å². The first-order chi connectivity index (χ1) is 6.86. The molecule has 0 unspecified atom stereocenters. The molecule has 0 bridgehead atoms. The Morgan fingerprint density at radius 2 is 2.13 bits per heavy atom. The maximum atomic E-state index is 11.0. The fourth-order valence-corrected chi connectivity index (χ4v) is 1.86. The molecular formula is C7H6ClNO5S. The Morgan fingerprint density at radius 3 is 2.53 bits per heavy atom. The number of rotatable bonds is 3. The van der Waals surface area contributed by atoms with E-state index in [1.807, 2.05) is 0 Å². The topological polar surface area (TPSA) is 93.6 Å². The number of carboxylic acid groups (broad SMARTS) is 1. The number of methoxy groups -OCH3 is 1. The highest BCUT2D eigenvalue weighted by Gasteiger charge is 2.22. The zero-order chi connectivity index (χ0) is 11.6. The van der Waals surface area contributed by atoms with Gasteiger partial charge in [0.25, 0.3) is 9.05 Å². The molecule has 8 heteroatoms. The van der Waals surface area contributed by atoms with Crippen molar-refractivity contribution in [2.24, 2.45) is 0 Å². The Balaban J connectivity index is 3.48. The van der Waals surface area contributed by atoms with Crippen molar-refractivity contribution in [1.29, 1.82) is 0 Å². The monoisotopic (exact) mass is 251 g/mol. The fraction of sp³-hybridized carbons (Fsp3) is 0.143. The minimum atomic E-state index is -4.13. The molecule has 15 heavy (non-hydrogen) atoms. The zero-order valence-corrected chi connectivity index (χ0v) is 9.04. The number of pyridine rings is 1. The Labute approximate surface area is 89.9 Å². The van der Waals surface area contributed by atoms with Gasteiger partial charge >= 0.3 is 5.97 Å². The SMILES string of the molecule is COc1ccc(S(=O)(=O)Cl)c(C(=O)O)n1. The van der Waals surface area contributed by atoms with E-state index in [-0.39, 0.29) is 5.88 Å². The highest BCUT2D eigenvalue weighted by atomic mass is 35.7. The van der Waals surface area contributed by atoms with Crippen LogP contribution in [0.2, 0.25) is 0 Å². The largest absolute Gasteiger partial charge is 0.481 e. The number of nitrogens with zero attached hydrogens (tertiary/aromatic N) is 1. The Kier molecular flexibility index (Phi) is 3.15. The third-order valence-electron chi connectivity index (χ3n) is 1.51. The summed E-state index contributed by atoms with van der Waals surface area (Å²) in [4.78, 5) is 13.6. The highest BCUT2D eigenvalue weighted by molar-refractivity contribution is 8.13. The molecule has 0 aliphatic heterocycles. The molecule has 0 spiro atoms. The van der Waals surface area contributed by atoms with Crippen LogP contribution in [0.3, 0.4) is 0 Å². The van der Waals surface area contributed by atoms with Gasteiger partial charge in [-0.15, -0.1) is 0 Å². The Bertz CT molecular complexity index is 498. The molecule has 0 saturated heterocycles. The second-order valence-corrected chi connectivity index (χ2v) is 4.98. The number of aromatic carboxylic acids is 1. The average molecular weight is 252 g/mol. The van der Waals surface area contributed by atoms with Crippen molar-refractivity contribution in [1.82, 2.24) is 4.98 Å². The third kappa shape index (κ3) is 2.57. The minimum absolute atomic E-state index is 0.00327. The van der Waals surface area contributed by atoms with Crippen molar-refractivity contribution in [3.8, 4) is 5.88 Å². The first kappa shape index (κ1) is 11.7. The van der Waals surface area contributed by atoms with E-state index in [0.29, 0.717) is 0 Å². The molecule has 0 aliphatic carbocycles. The van der Waals surface area contributed by atoms with Gasteiger partial charge in [0.2, 0.25) is 5.88 Å². The van der Waals surface area contributed by atoms with Gasteiger partial charge in [-0.3, -0.25) is 0 Å². The molecule has 0 radical (unpaired) electrons. The molecule has 82 valence electrons. The Morgan fingerprint density at radius 1 is 1.53 bits per heavy atom. The van der Waals surface area contributed by atoms with E-state index in [2.05, 4.69) is 9.72 Å². The van der Waals surface area contributed by atoms with Crippen LogP contribution in [0.5, 0.6) is 5.88 Å². The maximum Gasteiger partial charge on any atom is 0.356 e. The number of carbonyl (C=O) groups is 1. The molecule has 1 aromatic rings. The molecular weight excluding hydrogens is 246 g/mol. The van der Waals surface area contributed by atoms with E-state index in [1.165, 1.54) is 13.2 Å².